The number of aryl methyl sites for hydroxylation is 1. The van der Waals surface area contributed by atoms with Crippen LogP contribution in [0.4, 0.5) is 26.3 Å². The molecule has 1 amide bonds. The van der Waals surface area contributed by atoms with Gasteiger partial charge in [0.15, 0.2) is 0 Å². The maximum atomic E-state index is 13.5. The molecule has 2 aromatic carbocycles. The molecular formula is C28H25F6N3O. The number of hydrogen-bond donors (Lipinski definition) is 1. The lowest BCUT2D eigenvalue weighted by Crippen LogP contribution is -2.27. The summed E-state index contributed by atoms with van der Waals surface area (Å²) in [6.07, 6.45) is -6.12. The van der Waals surface area contributed by atoms with Gasteiger partial charge in [-0.1, -0.05) is 36.4 Å². The summed E-state index contributed by atoms with van der Waals surface area (Å²) in [6.45, 7) is 3.07. The molecular weight excluding hydrogens is 508 g/mol. The van der Waals surface area contributed by atoms with Crippen LogP contribution in [0.2, 0.25) is 0 Å². The zero-order chi connectivity index (χ0) is 27.7. The lowest BCUT2D eigenvalue weighted by Gasteiger charge is -2.22. The summed E-state index contributed by atoms with van der Waals surface area (Å²) in [5.41, 5.74) is 0.701. The summed E-state index contributed by atoms with van der Waals surface area (Å²) in [6, 6.07) is 11.1. The number of alkyl halides is 6. The van der Waals surface area contributed by atoms with Crippen molar-refractivity contribution in [2.24, 2.45) is 0 Å². The van der Waals surface area contributed by atoms with E-state index < -0.39 is 29.4 Å². The van der Waals surface area contributed by atoms with Gasteiger partial charge >= 0.3 is 12.4 Å². The van der Waals surface area contributed by atoms with Crippen LogP contribution in [0.1, 0.15) is 44.7 Å². The molecule has 0 fully saturated rings. The van der Waals surface area contributed by atoms with E-state index >= 15 is 0 Å². The third-order valence-corrected chi connectivity index (χ3v) is 6.42. The molecule has 1 aliphatic heterocycles. The fourth-order valence-electron chi connectivity index (χ4n) is 4.48. The van der Waals surface area contributed by atoms with Crippen molar-refractivity contribution in [3.05, 3.63) is 94.3 Å². The number of benzene rings is 2. The van der Waals surface area contributed by atoms with Crippen molar-refractivity contribution in [2.45, 2.75) is 32.2 Å². The smallest absolute Gasteiger partial charge is 0.337 e. The van der Waals surface area contributed by atoms with Gasteiger partial charge in [-0.05, 0) is 65.9 Å². The minimum atomic E-state index is -5.20. The van der Waals surface area contributed by atoms with E-state index in [2.05, 4.69) is 10.3 Å². The van der Waals surface area contributed by atoms with Crippen molar-refractivity contribution in [3.8, 4) is 11.1 Å². The predicted molar refractivity (Wildman–Crippen MR) is 132 cm³/mol. The van der Waals surface area contributed by atoms with Gasteiger partial charge in [-0.3, -0.25) is 9.78 Å². The number of pyridine rings is 1. The molecule has 10 heteroatoms. The lowest BCUT2D eigenvalue weighted by molar-refractivity contribution is -0.162. The van der Waals surface area contributed by atoms with Crippen LogP contribution in [0.5, 0.6) is 0 Å². The van der Waals surface area contributed by atoms with Crippen LogP contribution in [0, 0.1) is 6.92 Å². The Bertz CT molecular complexity index is 1380. The van der Waals surface area contributed by atoms with Gasteiger partial charge < -0.3 is 10.2 Å². The maximum absolute atomic E-state index is 13.5. The second-order valence-corrected chi connectivity index (χ2v) is 9.15. The number of carbonyl (C=O) groups is 1. The van der Waals surface area contributed by atoms with Crippen molar-refractivity contribution in [1.82, 2.24) is 15.2 Å². The van der Waals surface area contributed by atoms with Gasteiger partial charge in [-0.25, -0.2) is 0 Å². The van der Waals surface area contributed by atoms with Crippen molar-refractivity contribution >= 4 is 11.5 Å². The van der Waals surface area contributed by atoms with Crippen LogP contribution in [0.15, 0.2) is 60.8 Å². The zero-order valence-corrected chi connectivity index (χ0v) is 20.7. The van der Waals surface area contributed by atoms with E-state index in [-0.39, 0.29) is 17.7 Å². The van der Waals surface area contributed by atoms with Gasteiger partial charge in [0.1, 0.15) is 0 Å². The number of carbonyl (C=O) groups excluding carboxylic acids is 1. The van der Waals surface area contributed by atoms with Crippen LogP contribution in [-0.2, 0) is 18.9 Å². The van der Waals surface area contributed by atoms with Gasteiger partial charge in [-0.2, -0.15) is 26.3 Å². The Morgan fingerprint density at radius 1 is 0.974 bits per heavy atom. The quantitative estimate of drug-likeness (QED) is 0.370. The van der Waals surface area contributed by atoms with E-state index in [9.17, 15) is 31.1 Å². The van der Waals surface area contributed by atoms with E-state index in [4.69, 9.17) is 0 Å². The zero-order valence-electron chi connectivity index (χ0n) is 20.7. The topological polar surface area (TPSA) is 45.2 Å². The Morgan fingerprint density at radius 2 is 1.68 bits per heavy atom. The van der Waals surface area contributed by atoms with Crippen LogP contribution >= 0.6 is 0 Å². The molecule has 0 spiro atoms. The molecule has 200 valence electrons. The second-order valence-electron chi connectivity index (χ2n) is 9.15. The van der Waals surface area contributed by atoms with E-state index in [1.54, 1.807) is 0 Å². The van der Waals surface area contributed by atoms with Gasteiger partial charge in [0.25, 0.3) is 5.91 Å². The Morgan fingerprint density at radius 3 is 2.32 bits per heavy atom. The molecule has 0 saturated carbocycles. The fraction of sp³-hybridized carbons (Fsp3) is 0.286. The molecule has 0 atom stereocenters. The van der Waals surface area contributed by atoms with E-state index in [1.165, 1.54) is 18.1 Å². The van der Waals surface area contributed by atoms with Crippen LogP contribution in [0.25, 0.3) is 16.7 Å². The van der Waals surface area contributed by atoms with Crippen molar-refractivity contribution < 1.29 is 31.1 Å². The Labute approximate surface area is 216 Å². The van der Waals surface area contributed by atoms with Crippen molar-refractivity contribution in [1.29, 1.82) is 0 Å². The van der Waals surface area contributed by atoms with Gasteiger partial charge in [0.2, 0.25) is 0 Å². The Hall–Kier alpha value is -3.66. The normalized spacial score (nSPS) is 14.3. The molecule has 0 saturated heterocycles. The number of hydrogen-bond acceptors (Lipinski definition) is 3. The highest BCUT2D eigenvalue weighted by Crippen LogP contribution is 2.41. The van der Waals surface area contributed by atoms with Gasteiger partial charge in [0.05, 0.1) is 22.4 Å². The summed E-state index contributed by atoms with van der Waals surface area (Å²) in [4.78, 5) is 19.2. The molecule has 0 aliphatic carbocycles. The number of aromatic nitrogens is 1. The summed E-state index contributed by atoms with van der Waals surface area (Å²) in [5, 5.41) is 3.23. The molecule has 1 aromatic heterocycles. The first-order valence-corrected chi connectivity index (χ1v) is 11.8. The molecule has 0 radical (unpaired) electrons. The molecule has 4 rings (SSSR count). The second kappa shape index (κ2) is 10.6. The molecule has 0 unspecified atom stereocenters. The lowest BCUT2D eigenvalue weighted by atomic mass is 9.94. The van der Waals surface area contributed by atoms with Gasteiger partial charge in [-0.15, -0.1) is 0 Å². The van der Waals surface area contributed by atoms with Crippen molar-refractivity contribution in [3.63, 3.8) is 0 Å². The molecule has 2 heterocycles. The third kappa shape index (κ3) is 5.91. The standard InChI is InChI=1S/C28H25F6N3O/c1-17-5-3-4-6-20(17)21-14-25(19-9-11-35-12-10-19)36-15-22(21)26(38)37(2)16-18-7-8-23(27(29,30)31)24(13-18)28(32,33)34/h3-9,13-15,35H,10-12,16H2,1-2H3. The van der Waals surface area contributed by atoms with Crippen LogP contribution in [0.3, 0.4) is 0 Å². The summed E-state index contributed by atoms with van der Waals surface area (Å²) >= 11 is 0. The van der Waals surface area contributed by atoms with E-state index in [1.807, 2.05) is 43.3 Å². The first-order chi connectivity index (χ1) is 17.9. The van der Waals surface area contributed by atoms with Crippen molar-refractivity contribution in [2.75, 3.05) is 20.1 Å². The summed E-state index contributed by atoms with van der Waals surface area (Å²) in [7, 11) is 1.39. The molecule has 38 heavy (non-hydrogen) atoms. The summed E-state index contributed by atoms with van der Waals surface area (Å²) < 4.78 is 79.6. The average molecular weight is 534 g/mol. The van der Waals surface area contributed by atoms with Crippen LogP contribution < -0.4 is 5.32 Å². The first-order valence-electron chi connectivity index (χ1n) is 11.8. The highest BCUT2D eigenvalue weighted by molar-refractivity contribution is 6.01. The minimum Gasteiger partial charge on any atom is -0.337 e. The Kier molecular flexibility index (Phi) is 7.64. The molecule has 0 bridgehead atoms. The SMILES string of the molecule is Cc1ccccc1-c1cc(C2=CCNCC2)ncc1C(=O)N(C)Cc1ccc(C(F)(F)F)c(C(F)(F)F)c1. The molecule has 1 aliphatic rings. The highest BCUT2D eigenvalue weighted by atomic mass is 19.4. The number of nitrogens with zero attached hydrogens (tertiary/aromatic N) is 2. The number of nitrogens with one attached hydrogen (secondary N) is 1. The molecule has 1 N–H and O–H groups in total. The maximum Gasteiger partial charge on any atom is 0.417 e. The summed E-state index contributed by atoms with van der Waals surface area (Å²) in [5.74, 6) is -0.518. The van der Waals surface area contributed by atoms with E-state index in [0.29, 0.717) is 24.2 Å². The number of halogens is 6. The molecule has 3 aromatic rings. The Balaban J connectivity index is 1.70. The van der Waals surface area contributed by atoms with Crippen LogP contribution in [-0.4, -0.2) is 35.9 Å². The number of amides is 1. The highest BCUT2D eigenvalue weighted by Gasteiger charge is 2.43. The van der Waals surface area contributed by atoms with E-state index in [0.717, 1.165) is 41.4 Å². The van der Waals surface area contributed by atoms with Gasteiger partial charge in [0, 0.05) is 26.3 Å². The monoisotopic (exact) mass is 533 g/mol. The fourth-order valence-corrected chi connectivity index (χ4v) is 4.48. The number of rotatable bonds is 5. The first kappa shape index (κ1) is 27.4. The molecule has 4 nitrogen and oxygen atoms in total. The third-order valence-electron chi connectivity index (χ3n) is 6.42. The average Bonchev–Trinajstić information content (AvgIpc) is 2.87. The largest absolute Gasteiger partial charge is 0.417 e. The predicted octanol–water partition coefficient (Wildman–Crippen LogP) is 6.74. The minimum absolute atomic E-state index is 0.0805.